The van der Waals surface area contributed by atoms with Gasteiger partial charge in [-0.1, -0.05) is 54.1 Å². The van der Waals surface area contributed by atoms with Gasteiger partial charge >= 0.3 is 0 Å². The summed E-state index contributed by atoms with van der Waals surface area (Å²) in [5.41, 5.74) is 3.66. The van der Waals surface area contributed by atoms with Crippen LogP contribution in [-0.2, 0) is 0 Å². The van der Waals surface area contributed by atoms with Crippen molar-refractivity contribution < 1.29 is 9.59 Å². The molecule has 0 radical (unpaired) electrons. The van der Waals surface area contributed by atoms with Crippen LogP contribution in [0.15, 0.2) is 72.8 Å². The molecule has 0 atom stereocenters. The van der Waals surface area contributed by atoms with Crippen LogP contribution in [0.2, 0.25) is 5.02 Å². The molecule has 0 aliphatic carbocycles. The van der Waals surface area contributed by atoms with Gasteiger partial charge in [0.05, 0.1) is 11.3 Å². The van der Waals surface area contributed by atoms with E-state index in [2.05, 4.69) is 22.8 Å². The number of halogens is 1. The zero-order chi connectivity index (χ0) is 21.4. The van der Waals surface area contributed by atoms with Crippen molar-refractivity contribution in [2.45, 2.75) is 18.5 Å². The predicted octanol–water partition coefficient (Wildman–Crippen LogP) is 4.79. The number of carbonyl (C=O) groups is 2. The molecule has 31 heavy (non-hydrogen) atoms. The van der Waals surface area contributed by atoms with Crippen LogP contribution >= 0.6 is 11.6 Å². The standard InChI is InChI=1S/C25H22ClN3O2/c26-20-10-11-21-22(16-20)27-25(28-23(21)30)12-14-29(15-13-25)24(31)19-8-6-18(7-9-19)17-4-2-1-3-5-17/h1-11,16,27H,12-15H2,(H,28,30). The lowest BCUT2D eigenvalue weighted by Crippen LogP contribution is -2.62. The molecule has 1 spiro atoms. The van der Waals surface area contributed by atoms with E-state index in [4.69, 9.17) is 11.6 Å². The van der Waals surface area contributed by atoms with Crippen molar-refractivity contribution in [2.75, 3.05) is 18.4 Å². The van der Waals surface area contributed by atoms with Crippen LogP contribution in [0.1, 0.15) is 33.6 Å². The number of piperidine rings is 1. The molecule has 1 saturated heterocycles. The molecular formula is C25H22ClN3O2. The normalized spacial score (nSPS) is 16.9. The fourth-order valence-corrected chi connectivity index (χ4v) is 4.52. The highest BCUT2D eigenvalue weighted by molar-refractivity contribution is 6.31. The molecule has 2 amide bonds. The van der Waals surface area contributed by atoms with E-state index in [0.29, 0.717) is 42.1 Å². The third kappa shape index (κ3) is 3.77. The average Bonchev–Trinajstić information content (AvgIpc) is 2.79. The summed E-state index contributed by atoms with van der Waals surface area (Å²) < 4.78 is 0. The second-order valence-electron chi connectivity index (χ2n) is 8.09. The highest BCUT2D eigenvalue weighted by atomic mass is 35.5. The summed E-state index contributed by atoms with van der Waals surface area (Å²) in [4.78, 5) is 27.5. The number of rotatable bonds is 2. The van der Waals surface area contributed by atoms with Crippen molar-refractivity contribution in [1.29, 1.82) is 0 Å². The van der Waals surface area contributed by atoms with Gasteiger partial charge in [0.2, 0.25) is 0 Å². The average molecular weight is 432 g/mol. The summed E-state index contributed by atoms with van der Waals surface area (Å²) in [6.07, 6.45) is 1.25. The molecule has 5 rings (SSSR count). The van der Waals surface area contributed by atoms with Crippen LogP contribution in [0.4, 0.5) is 5.69 Å². The van der Waals surface area contributed by atoms with Crippen LogP contribution in [-0.4, -0.2) is 35.5 Å². The van der Waals surface area contributed by atoms with E-state index in [0.717, 1.165) is 16.8 Å². The van der Waals surface area contributed by atoms with Gasteiger partial charge in [-0.3, -0.25) is 9.59 Å². The Morgan fingerprint density at radius 1 is 0.871 bits per heavy atom. The quantitative estimate of drug-likeness (QED) is 0.613. The van der Waals surface area contributed by atoms with Crippen LogP contribution in [0, 0.1) is 0 Å². The molecule has 3 aromatic carbocycles. The van der Waals surface area contributed by atoms with Crippen LogP contribution in [0.25, 0.3) is 11.1 Å². The summed E-state index contributed by atoms with van der Waals surface area (Å²) in [6.45, 7) is 1.12. The van der Waals surface area contributed by atoms with E-state index in [1.54, 1.807) is 18.2 Å². The fourth-order valence-electron chi connectivity index (χ4n) is 4.35. The zero-order valence-electron chi connectivity index (χ0n) is 16.9. The summed E-state index contributed by atoms with van der Waals surface area (Å²) in [7, 11) is 0. The molecule has 5 nitrogen and oxygen atoms in total. The Morgan fingerprint density at radius 3 is 2.26 bits per heavy atom. The number of benzene rings is 3. The molecule has 2 aliphatic heterocycles. The van der Waals surface area contributed by atoms with Gasteiger partial charge in [-0.2, -0.15) is 0 Å². The Hall–Kier alpha value is -3.31. The first-order valence-electron chi connectivity index (χ1n) is 10.4. The molecule has 2 aliphatic rings. The fraction of sp³-hybridized carbons (Fsp3) is 0.200. The first-order chi connectivity index (χ1) is 15.0. The number of nitrogens with zero attached hydrogens (tertiary/aromatic N) is 1. The van der Waals surface area contributed by atoms with E-state index in [-0.39, 0.29) is 11.8 Å². The number of amides is 2. The second kappa shape index (κ2) is 7.75. The highest BCUT2D eigenvalue weighted by Crippen LogP contribution is 2.33. The zero-order valence-corrected chi connectivity index (χ0v) is 17.7. The minimum Gasteiger partial charge on any atom is -0.362 e. The lowest BCUT2D eigenvalue weighted by atomic mass is 9.92. The van der Waals surface area contributed by atoms with E-state index in [1.807, 2.05) is 47.4 Å². The second-order valence-corrected chi connectivity index (χ2v) is 8.52. The molecular weight excluding hydrogens is 410 g/mol. The van der Waals surface area contributed by atoms with E-state index >= 15 is 0 Å². The lowest BCUT2D eigenvalue weighted by molar-refractivity contribution is 0.0639. The third-order valence-corrected chi connectivity index (χ3v) is 6.33. The molecule has 3 aromatic rings. The summed E-state index contributed by atoms with van der Waals surface area (Å²) in [5, 5.41) is 7.14. The van der Waals surface area contributed by atoms with Crippen molar-refractivity contribution in [3.63, 3.8) is 0 Å². The maximum Gasteiger partial charge on any atom is 0.255 e. The van der Waals surface area contributed by atoms with E-state index < -0.39 is 5.66 Å². The minimum absolute atomic E-state index is 0.0139. The maximum absolute atomic E-state index is 13.0. The van der Waals surface area contributed by atoms with Crippen LogP contribution in [0.3, 0.4) is 0 Å². The molecule has 0 unspecified atom stereocenters. The summed E-state index contributed by atoms with van der Waals surface area (Å²) >= 11 is 6.11. The van der Waals surface area contributed by atoms with Crippen LogP contribution in [0.5, 0.6) is 0 Å². The Bertz CT molecular complexity index is 1140. The van der Waals surface area contributed by atoms with Crippen molar-refractivity contribution in [3.05, 3.63) is 88.9 Å². The number of nitrogens with one attached hydrogen (secondary N) is 2. The number of fused-ring (bicyclic) bond motifs is 1. The van der Waals surface area contributed by atoms with Gasteiger partial charge in [0.25, 0.3) is 11.8 Å². The van der Waals surface area contributed by atoms with Gasteiger partial charge in [0.15, 0.2) is 0 Å². The number of hydrogen-bond acceptors (Lipinski definition) is 3. The van der Waals surface area contributed by atoms with E-state index in [9.17, 15) is 9.59 Å². The van der Waals surface area contributed by atoms with Gasteiger partial charge in [0.1, 0.15) is 5.66 Å². The smallest absolute Gasteiger partial charge is 0.255 e. The van der Waals surface area contributed by atoms with Crippen molar-refractivity contribution >= 4 is 29.1 Å². The first kappa shape index (κ1) is 19.6. The summed E-state index contributed by atoms with van der Waals surface area (Å²) in [5.74, 6) is -0.0956. The number of hydrogen-bond donors (Lipinski definition) is 2. The highest BCUT2D eigenvalue weighted by Gasteiger charge is 2.41. The summed E-state index contributed by atoms with van der Waals surface area (Å²) in [6, 6.07) is 23.1. The number of likely N-dealkylation sites (tertiary alicyclic amines) is 1. The maximum atomic E-state index is 13.0. The molecule has 0 bridgehead atoms. The molecule has 1 fully saturated rings. The van der Waals surface area contributed by atoms with Crippen molar-refractivity contribution in [1.82, 2.24) is 10.2 Å². The molecule has 2 N–H and O–H groups in total. The Balaban J connectivity index is 1.27. The van der Waals surface area contributed by atoms with Gasteiger partial charge in [-0.25, -0.2) is 0 Å². The van der Waals surface area contributed by atoms with Gasteiger partial charge < -0.3 is 15.5 Å². The monoisotopic (exact) mass is 431 g/mol. The lowest BCUT2D eigenvalue weighted by Gasteiger charge is -2.46. The number of anilines is 1. The molecule has 156 valence electrons. The Morgan fingerprint density at radius 2 is 1.55 bits per heavy atom. The topological polar surface area (TPSA) is 61.4 Å². The Kier molecular flexibility index (Phi) is 4.91. The van der Waals surface area contributed by atoms with Crippen LogP contribution < -0.4 is 10.6 Å². The Labute approximate surface area is 186 Å². The molecule has 0 aromatic heterocycles. The molecule has 0 saturated carbocycles. The number of carbonyl (C=O) groups excluding carboxylic acids is 2. The molecule has 6 heteroatoms. The van der Waals surface area contributed by atoms with Crippen molar-refractivity contribution in [3.8, 4) is 11.1 Å². The van der Waals surface area contributed by atoms with Gasteiger partial charge in [0, 0.05) is 36.5 Å². The largest absolute Gasteiger partial charge is 0.362 e. The van der Waals surface area contributed by atoms with Gasteiger partial charge in [-0.15, -0.1) is 0 Å². The minimum atomic E-state index is -0.553. The first-order valence-corrected chi connectivity index (χ1v) is 10.8. The van der Waals surface area contributed by atoms with Crippen molar-refractivity contribution in [2.24, 2.45) is 0 Å². The molecule has 2 heterocycles. The SMILES string of the molecule is O=C1NC2(CCN(C(=O)c3ccc(-c4ccccc4)cc3)CC2)Nc2cc(Cl)ccc21. The van der Waals surface area contributed by atoms with Gasteiger partial charge in [-0.05, 0) is 41.5 Å². The van der Waals surface area contributed by atoms with E-state index in [1.165, 1.54) is 0 Å². The predicted molar refractivity (Wildman–Crippen MR) is 122 cm³/mol. The third-order valence-electron chi connectivity index (χ3n) is 6.10.